The smallest absolute Gasteiger partial charge is 0.194 e. The maximum absolute atomic E-state index is 13.3. The Morgan fingerprint density at radius 1 is 0.846 bits per heavy atom. The van der Waals surface area contributed by atoms with Crippen molar-refractivity contribution in [2.24, 2.45) is 0 Å². The van der Waals surface area contributed by atoms with Crippen molar-refractivity contribution in [3.8, 4) is 16.9 Å². The largest absolute Gasteiger partial charge is 0.293 e. The molecule has 0 amide bonds. The minimum atomic E-state index is 0.118. The highest BCUT2D eigenvalue weighted by Crippen LogP contribution is 2.34. The number of rotatable bonds is 1. The molecule has 0 saturated carbocycles. The van der Waals surface area contributed by atoms with Gasteiger partial charge in [-0.25, -0.2) is 4.98 Å². The van der Waals surface area contributed by atoms with Crippen LogP contribution in [0.2, 0.25) is 0 Å². The molecule has 0 unspecified atom stereocenters. The predicted octanol–water partition coefficient (Wildman–Crippen LogP) is 4.54. The maximum Gasteiger partial charge on any atom is 0.194 e. The van der Waals surface area contributed by atoms with Gasteiger partial charge >= 0.3 is 0 Å². The first kappa shape index (κ1) is 15.1. The van der Waals surface area contributed by atoms with Gasteiger partial charge in [0.05, 0.1) is 11.1 Å². The molecule has 0 radical (unpaired) electrons. The summed E-state index contributed by atoms with van der Waals surface area (Å²) in [5.74, 6) is 0. The summed E-state index contributed by atoms with van der Waals surface area (Å²) in [6.45, 7) is 0. The Bertz CT molecular complexity index is 1180. The number of aromatic nitrogens is 2. The van der Waals surface area contributed by atoms with E-state index in [-0.39, 0.29) is 5.43 Å². The van der Waals surface area contributed by atoms with Crippen LogP contribution in [0.5, 0.6) is 0 Å². The van der Waals surface area contributed by atoms with Crippen molar-refractivity contribution in [2.45, 2.75) is 19.3 Å². The number of hydrogen-bond donors (Lipinski definition) is 0. The minimum Gasteiger partial charge on any atom is -0.293 e. The van der Waals surface area contributed by atoms with Gasteiger partial charge in [0, 0.05) is 23.0 Å². The van der Waals surface area contributed by atoms with E-state index in [0.717, 1.165) is 47.4 Å². The second kappa shape index (κ2) is 5.95. The van der Waals surface area contributed by atoms with Crippen LogP contribution in [0.1, 0.15) is 17.5 Å². The van der Waals surface area contributed by atoms with Crippen molar-refractivity contribution >= 4 is 11.0 Å². The van der Waals surface area contributed by atoms with Gasteiger partial charge in [0.25, 0.3) is 0 Å². The molecule has 0 bridgehead atoms. The summed E-state index contributed by atoms with van der Waals surface area (Å²) in [5, 5.41) is 0.689. The standard InChI is InChI=1S/C23H18N2O/c26-22-19-13-6-9-16-8-4-5-12-18(16)21(19)25(17-10-2-1-3-11-17)23-20(22)14-7-15-24-23/h1-5,7-8,10-12,14-15H,6,9,13H2. The van der Waals surface area contributed by atoms with Crippen molar-refractivity contribution < 1.29 is 0 Å². The van der Waals surface area contributed by atoms with E-state index in [4.69, 9.17) is 0 Å². The maximum atomic E-state index is 13.3. The molecule has 2 aromatic heterocycles. The number of fused-ring (bicyclic) bond motifs is 4. The Morgan fingerprint density at radius 3 is 2.54 bits per heavy atom. The molecule has 2 aromatic carbocycles. The molecular weight excluding hydrogens is 320 g/mol. The first-order valence-corrected chi connectivity index (χ1v) is 9.01. The van der Waals surface area contributed by atoms with E-state index in [1.807, 2.05) is 30.3 Å². The number of hydrogen-bond acceptors (Lipinski definition) is 2. The molecule has 3 heteroatoms. The molecule has 0 aliphatic heterocycles. The van der Waals surface area contributed by atoms with Crippen LogP contribution in [0.15, 0.2) is 77.7 Å². The van der Waals surface area contributed by atoms with E-state index >= 15 is 0 Å². The summed E-state index contributed by atoms with van der Waals surface area (Å²) in [4.78, 5) is 17.9. The summed E-state index contributed by atoms with van der Waals surface area (Å²) in [6.07, 6.45) is 4.53. The van der Waals surface area contributed by atoms with E-state index in [0.29, 0.717) is 5.39 Å². The molecule has 3 nitrogen and oxygen atoms in total. The van der Waals surface area contributed by atoms with Crippen LogP contribution in [-0.2, 0) is 12.8 Å². The topological polar surface area (TPSA) is 34.9 Å². The van der Waals surface area contributed by atoms with Gasteiger partial charge < -0.3 is 0 Å². The zero-order valence-electron chi connectivity index (χ0n) is 14.4. The minimum absolute atomic E-state index is 0.118. The SMILES string of the molecule is O=c1c2c(n(-c3ccccc3)c3ncccc13)-c1ccccc1CCC2. The molecule has 5 rings (SSSR count). The summed E-state index contributed by atoms with van der Waals surface area (Å²) in [5.41, 5.74) is 6.22. The number of para-hydroxylation sites is 1. The number of aryl methyl sites for hydroxylation is 1. The van der Waals surface area contributed by atoms with Crippen LogP contribution in [0.4, 0.5) is 0 Å². The molecule has 0 spiro atoms. The molecule has 2 heterocycles. The van der Waals surface area contributed by atoms with Crippen LogP contribution in [0, 0.1) is 0 Å². The quantitative estimate of drug-likeness (QED) is 0.511. The monoisotopic (exact) mass is 338 g/mol. The van der Waals surface area contributed by atoms with Gasteiger partial charge in [0.1, 0.15) is 5.65 Å². The second-order valence-electron chi connectivity index (χ2n) is 6.71. The molecule has 4 aromatic rings. The molecule has 1 aliphatic rings. The van der Waals surface area contributed by atoms with Crippen LogP contribution >= 0.6 is 0 Å². The predicted molar refractivity (Wildman–Crippen MR) is 105 cm³/mol. The van der Waals surface area contributed by atoms with Gasteiger partial charge in [0.15, 0.2) is 5.43 Å². The first-order chi connectivity index (χ1) is 12.8. The molecule has 0 fully saturated rings. The van der Waals surface area contributed by atoms with Crippen LogP contribution in [0.3, 0.4) is 0 Å². The van der Waals surface area contributed by atoms with Crippen molar-refractivity contribution in [1.82, 2.24) is 9.55 Å². The highest BCUT2D eigenvalue weighted by molar-refractivity contribution is 5.84. The highest BCUT2D eigenvalue weighted by atomic mass is 16.1. The molecule has 26 heavy (non-hydrogen) atoms. The zero-order valence-corrected chi connectivity index (χ0v) is 14.4. The van der Waals surface area contributed by atoms with Crippen LogP contribution in [-0.4, -0.2) is 9.55 Å². The highest BCUT2D eigenvalue weighted by Gasteiger charge is 2.23. The third kappa shape index (κ3) is 2.21. The Kier molecular flexibility index (Phi) is 3.45. The van der Waals surface area contributed by atoms with Gasteiger partial charge in [-0.3, -0.25) is 9.36 Å². The van der Waals surface area contributed by atoms with Crippen molar-refractivity contribution in [3.63, 3.8) is 0 Å². The second-order valence-corrected chi connectivity index (χ2v) is 6.71. The molecule has 126 valence electrons. The van der Waals surface area contributed by atoms with Crippen LogP contribution < -0.4 is 5.43 Å². The van der Waals surface area contributed by atoms with Crippen LogP contribution in [0.25, 0.3) is 28.0 Å². The Balaban J connectivity index is 2.02. The zero-order chi connectivity index (χ0) is 17.5. The first-order valence-electron chi connectivity index (χ1n) is 9.01. The average Bonchev–Trinajstić information content (AvgIpc) is 2.89. The summed E-state index contributed by atoms with van der Waals surface area (Å²) in [6, 6.07) is 22.4. The third-order valence-corrected chi connectivity index (χ3v) is 5.19. The van der Waals surface area contributed by atoms with Gasteiger partial charge in [-0.05, 0) is 49.1 Å². The van der Waals surface area contributed by atoms with E-state index in [9.17, 15) is 4.79 Å². The lowest BCUT2D eigenvalue weighted by Crippen LogP contribution is -2.18. The summed E-state index contributed by atoms with van der Waals surface area (Å²) in [7, 11) is 0. The number of nitrogens with zero attached hydrogens (tertiary/aromatic N) is 2. The molecule has 0 N–H and O–H groups in total. The van der Waals surface area contributed by atoms with E-state index in [2.05, 4.69) is 45.9 Å². The van der Waals surface area contributed by atoms with E-state index < -0.39 is 0 Å². The van der Waals surface area contributed by atoms with Crippen molar-refractivity contribution in [2.75, 3.05) is 0 Å². The number of benzene rings is 2. The van der Waals surface area contributed by atoms with Gasteiger partial charge in [-0.1, -0.05) is 42.5 Å². The van der Waals surface area contributed by atoms with Crippen molar-refractivity contribution in [1.29, 1.82) is 0 Å². The Morgan fingerprint density at radius 2 is 1.65 bits per heavy atom. The van der Waals surface area contributed by atoms with E-state index in [1.54, 1.807) is 6.20 Å². The fraction of sp³-hybridized carbons (Fsp3) is 0.130. The average molecular weight is 338 g/mol. The molecule has 1 aliphatic carbocycles. The van der Waals surface area contributed by atoms with Gasteiger partial charge in [-0.2, -0.15) is 0 Å². The molecule has 0 saturated heterocycles. The third-order valence-electron chi connectivity index (χ3n) is 5.19. The normalized spacial score (nSPS) is 13.1. The molecular formula is C23H18N2O. The summed E-state index contributed by atoms with van der Waals surface area (Å²) >= 11 is 0. The lowest BCUT2D eigenvalue weighted by molar-refractivity contribution is 0.828. The number of pyridine rings is 2. The fourth-order valence-corrected chi connectivity index (χ4v) is 4.03. The van der Waals surface area contributed by atoms with Gasteiger partial charge in [0.2, 0.25) is 0 Å². The lowest BCUT2D eigenvalue weighted by atomic mass is 9.99. The van der Waals surface area contributed by atoms with Gasteiger partial charge in [-0.15, -0.1) is 0 Å². The summed E-state index contributed by atoms with van der Waals surface area (Å²) < 4.78 is 2.16. The lowest BCUT2D eigenvalue weighted by Gasteiger charge is -2.20. The molecule has 0 atom stereocenters. The fourth-order valence-electron chi connectivity index (χ4n) is 4.03. The van der Waals surface area contributed by atoms with E-state index in [1.165, 1.54) is 5.56 Å². The Labute approximate surface area is 151 Å². The Hall–Kier alpha value is -3.20. The van der Waals surface area contributed by atoms with Crippen molar-refractivity contribution in [3.05, 3.63) is 94.3 Å².